The number of rotatable bonds is 5. The molecule has 0 aliphatic rings. The van der Waals surface area contributed by atoms with Gasteiger partial charge in [0, 0.05) is 11.6 Å². The number of carbonyl (C=O) groups is 2. The third-order valence-corrected chi connectivity index (χ3v) is 2.63. The number of benzene rings is 1. The summed E-state index contributed by atoms with van der Waals surface area (Å²) < 4.78 is 5.30. The summed E-state index contributed by atoms with van der Waals surface area (Å²) in [4.78, 5) is 22.6. The minimum absolute atomic E-state index is 0.000512. The molecule has 0 saturated heterocycles. The first-order valence-corrected chi connectivity index (χ1v) is 5.76. The van der Waals surface area contributed by atoms with Gasteiger partial charge in [-0.15, -0.1) is 0 Å². The van der Waals surface area contributed by atoms with E-state index >= 15 is 0 Å². The van der Waals surface area contributed by atoms with Crippen molar-refractivity contribution in [2.24, 2.45) is 0 Å². The molecule has 0 aliphatic heterocycles. The van der Waals surface area contributed by atoms with Gasteiger partial charge >= 0.3 is 5.97 Å². The molecule has 6 nitrogen and oxygen atoms in total. The Morgan fingerprint density at radius 3 is 2.67 bits per heavy atom. The van der Waals surface area contributed by atoms with Gasteiger partial charge in [0.1, 0.15) is 5.75 Å². The summed E-state index contributed by atoms with van der Waals surface area (Å²) in [5.41, 5.74) is 0.000512. The quantitative estimate of drug-likeness (QED) is 0.752. The van der Waals surface area contributed by atoms with Crippen molar-refractivity contribution in [1.82, 2.24) is 5.32 Å². The molecule has 0 radical (unpaired) electrons. The predicted molar refractivity (Wildman–Crippen MR) is 66.6 cm³/mol. The predicted octanol–water partition coefficient (Wildman–Crippen LogP) is 0.984. The van der Waals surface area contributed by atoms with E-state index in [0.29, 0.717) is 4.47 Å². The average molecular weight is 318 g/mol. The molecule has 0 aromatic heterocycles. The van der Waals surface area contributed by atoms with Crippen LogP contribution in [0.1, 0.15) is 10.4 Å². The Kier molecular flexibility index (Phi) is 5.11. The monoisotopic (exact) mass is 317 g/mol. The standard InChI is InChI=1S/C11H12BrNO5/c1-18-5-8(11(16)17)13-10(15)7-3-2-6(12)4-9(7)14/h2-4,8,14H,5H2,1H3,(H,13,15)(H,16,17). The Morgan fingerprint density at radius 2 is 2.17 bits per heavy atom. The van der Waals surface area contributed by atoms with Crippen LogP contribution >= 0.6 is 15.9 Å². The van der Waals surface area contributed by atoms with E-state index in [9.17, 15) is 14.7 Å². The molecule has 0 heterocycles. The van der Waals surface area contributed by atoms with Gasteiger partial charge in [0.05, 0.1) is 12.2 Å². The number of phenolic OH excluding ortho intramolecular Hbond substituents is 1. The zero-order valence-corrected chi connectivity index (χ0v) is 11.1. The topological polar surface area (TPSA) is 95.9 Å². The Hall–Kier alpha value is -1.60. The summed E-state index contributed by atoms with van der Waals surface area (Å²) in [6, 6.07) is 3.15. The minimum Gasteiger partial charge on any atom is -0.507 e. The number of carboxylic acid groups (broad SMARTS) is 1. The van der Waals surface area contributed by atoms with Crippen molar-refractivity contribution < 1.29 is 24.5 Å². The van der Waals surface area contributed by atoms with Crippen LogP contribution in [0.15, 0.2) is 22.7 Å². The molecular weight excluding hydrogens is 306 g/mol. The van der Waals surface area contributed by atoms with Gasteiger partial charge < -0.3 is 20.3 Å². The number of nitrogens with one attached hydrogen (secondary N) is 1. The number of amides is 1. The van der Waals surface area contributed by atoms with E-state index in [4.69, 9.17) is 5.11 Å². The van der Waals surface area contributed by atoms with Crippen LogP contribution in [-0.4, -0.2) is 41.8 Å². The highest BCUT2D eigenvalue weighted by Crippen LogP contribution is 2.22. The summed E-state index contributed by atoms with van der Waals surface area (Å²) in [5, 5.41) is 20.7. The van der Waals surface area contributed by atoms with E-state index < -0.39 is 17.9 Å². The Bertz CT molecular complexity index is 463. The maximum absolute atomic E-state index is 11.8. The molecule has 0 spiro atoms. The molecule has 0 bridgehead atoms. The van der Waals surface area contributed by atoms with Crippen LogP contribution in [0, 0.1) is 0 Å². The van der Waals surface area contributed by atoms with Crippen LogP contribution in [0.5, 0.6) is 5.75 Å². The maximum atomic E-state index is 11.8. The number of halogens is 1. The lowest BCUT2D eigenvalue weighted by atomic mass is 10.1. The minimum atomic E-state index is -1.21. The van der Waals surface area contributed by atoms with Crippen molar-refractivity contribution in [2.75, 3.05) is 13.7 Å². The fraction of sp³-hybridized carbons (Fsp3) is 0.273. The van der Waals surface area contributed by atoms with Gasteiger partial charge in [-0.1, -0.05) is 15.9 Å². The molecule has 0 aliphatic carbocycles. The normalized spacial score (nSPS) is 11.9. The number of hydrogen-bond donors (Lipinski definition) is 3. The van der Waals surface area contributed by atoms with E-state index in [1.807, 2.05) is 0 Å². The zero-order valence-electron chi connectivity index (χ0n) is 9.51. The maximum Gasteiger partial charge on any atom is 0.328 e. The van der Waals surface area contributed by atoms with Crippen LogP contribution in [0.25, 0.3) is 0 Å². The largest absolute Gasteiger partial charge is 0.507 e. The van der Waals surface area contributed by atoms with Gasteiger partial charge in [0.25, 0.3) is 5.91 Å². The Labute approximate surface area is 112 Å². The summed E-state index contributed by atoms with van der Waals surface area (Å²) in [6.45, 7) is -0.154. The number of carboxylic acids is 1. The van der Waals surface area contributed by atoms with Gasteiger partial charge in [-0.25, -0.2) is 4.79 Å². The SMILES string of the molecule is COCC(NC(=O)c1ccc(Br)cc1O)C(=O)O. The highest BCUT2D eigenvalue weighted by molar-refractivity contribution is 9.10. The fourth-order valence-corrected chi connectivity index (χ4v) is 1.62. The van der Waals surface area contributed by atoms with E-state index in [-0.39, 0.29) is 17.9 Å². The number of hydrogen-bond acceptors (Lipinski definition) is 4. The van der Waals surface area contributed by atoms with E-state index in [1.54, 1.807) is 6.07 Å². The van der Waals surface area contributed by atoms with Gasteiger partial charge in [-0.05, 0) is 18.2 Å². The smallest absolute Gasteiger partial charge is 0.328 e. The van der Waals surface area contributed by atoms with Crippen molar-refractivity contribution in [1.29, 1.82) is 0 Å². The molecule has 0 fully saturated rings. The summed E-state index contributed by atoms with van der Waals surface area (Å²) >= 11 is 3.14. The van der Waals surface area contributed by atoms with Gasteiger partial charge in [0.2, 0.25) is 0 Å². The molecule has 1 aromatic rings. The lowest BCUT2D eigenvalue weighted by Crippen LogP contribution is -2.43. The number of phenols is 1. The summed E-state index contributed by atoms with van der Waals surface area (Å²) in [5.74, 6) is -2.12. The number of methoxy groups -OCH3 is 1. The van der Waals surface area contributed by atoms with E-state index in [1.165, 1.54) is 19.2 Å². The molecule has 1 atom stereocenters. The summed E-state index contributed by atoms with van der Waals surface area (Å²) in [6.07, 6.45) is 0. The molecule has 1 amide bonds. The van der Waals surface area contributed by atoms with Crippen molar-refractivity contribution in [3.8, 4) is 5.75 Å². The first kappa shape index (κ1) is 14.5. The molecule has 0 saturated carbocycles. The fourth-order valence-electron chi connectivity index (χ4n) is 1.27. The molecule has 3 N–H and O–H groups in total. The van der Waals surface area contributed by atoms with Crippen molar-refractivity contribution in [3.63, 3.8) is 0 Å². The van der Waals surface area contributed by atoms with Crippen molar-refractivity contribution in [3.05, 3.63) is 28.2 Å². The molecule has 1 rings (SSSR count). The lowest BCUT2D eigenvalue weighted by Gasteiger charge is -2.14. The molecule has 1 aromatic carbocycles. The first-order valence-electron chi connectivity index (χ1n) is 4.96. The number of carbonyl (C=O) groups excluding carboxylic acids is 1. The highest BCUT2D eigenvalue weighted by Gasteiger charge is 2.21. The van der Waals surface area contributed by atoms with Crippen LogP contribution < -0.4 is 5.32 Å². The van der Waals surface area contributed by atoms with Crippen LogP contribution in [-0.2, 0) is 9.53 Å². The highest BCUT2D eigenvalue weighted by atomic mass is 79.9. The number of aliphatic carboxylic acids is 1. The molecule has 98 valence electrons. The zero-order chi connectivity index (χ0) is 13.7. The van der Waals surface area contributed by atoms with Gasteiger partial charge in [-0.2, -0.15) is 0 Å². The Morgan fingerprint density at radius 1 is 1.50 bits per heavy atom. The Balaban J connectivity index is 2.83. The van der Waals surface area contributed by atoms with E-state index in [2.05, 4.69) is 26.0 Å². The third kappa shape index (κ3) is 3.71. The average Bonchev–Trinajstić information content (AvgIpc) is 2.27. The lowest BCUT2D eigenvalue weighted by molar-refractivity contribution is -0.140. The van der Waals surface area contributed by atoms with Crippen molar-refractivity contribution >= 4 is 27.8 Å². The van der Waals surface area contributed by atoms with Crippen molar-refractivity contribution in [2.45, 2.75) is 6.04 Å². The molecule has 7 heteroatoms. The molecule has 1 unspecified atom stereocenters. The van der Waals surface area contributed by atoms with Gasteiger partial charge in [0.15, 0.2) is 6.04 Å². The summed E-state index contributed by atoms with van der Waals surface area (Å²) in [7, 11) is 1.33. The number of ether oxygens (including phenoxy) is 1. The van der Waals surface area contributed by atoms with E-state index in [0.717, 1.165) is 0 Å². The third-order valence-electron chi connectivity index (χ3n) is 2.14. The van der Waals surface area contributed by atoms with Crippen LogP contribution in [0.2, 0.25) is 0 Å². The molecule has 18 heavy (non-hydrogen) atoms. The second kappa shape index (κ2) is 6.36. The second-order valence-corrected chi connectivity index (χ2v) is 4.40. The second-order valence-electron chi connectivity index (χ2n) is 3.48. The van der Waals surface area contributed by atoms with Crippen LogP contribution in [0.3, 0.4) is 0 Å². The number of aromatic hydroxyl groups is 1. The van der Waals surface area contributed by atoms with Gasteiger partial charge in [-0.3, -0.25) is 4.79 Å². The molecular formula is C11H12BrNO5. The first-order chi connectivity index (χ1) is 8.45. The van der Waals surface area contributed by atoms with Crippen LogP contribution in [0.4, 0.5) is 0 Å².